The van der Waals surface area contributed by atoms with Gasteiger partial charge in [-0.25, -0.2) is 0 Å². The number of aliphatic hydroxyl groups is 1. The van der Waals surface area contributed by atoms with E-state index in [2.05, 4.69) is 11.6 Å². The third kappa shape index (κ3) is 5.23. The van der Waals surface area contributed by atoms with Gasteiger partial charge in [-0.2, -0.15) is 11.8 Å². The maximum absolute atomic E-state index is 9.88. The van der Waals surface area contributed by atoms with Crippen LogP contribution in [-0.4, -0.2) is 34.8 Å². The largest absolute Gasteiger partial charge is 0.389 e. The summed E-state index contributed by atoms with van der Waals surface area (Å²) in [5.74, 6) is 1.23. The number of hydrogen-bond donors (Lipinski definition) is 2. The Kier molecular flexibility index (Phi) is 6.10. The van der Waals surface area contributed by atoms with Crippen molar-refractivity contribution in [3.8, 4) is 0 Å². The second kappa shape index (κ2) is 5.99. The summed E-state index contributed by atoms with van der Waals surface area (Å²) >= 11 is 1.89. The Bertz CT molecular complexity index is 152. The number of rotatable bonds is 7. The highest BCUT2D eigenvalue weighted by Crippen LogP contribution is 2.20. The summed E-state index contributed by atoms with van der Waals surface area (Å²) in [6.45, 7) is 8.77. The van der Waals surface area contributed by atoms with Crippen LogP contribution >= 0.6 is 11.8 Å². The molecule has 2 N–H and O–H groups in total. The normalized spacial score (nSPS) is 13.3. The quantitative estimate of drug-likeness (QED) is 0.644. The van der Waals surface area contributed by atoms with Gasteiger partial charge in [-0.3, -0.25) is 0 Å². The molecular formula is C11H25NOS. The molecule has 0 rings (SSSR count). The van der Waals surface area contributed by atoms with Gasteiger partial charge in [-0.15, -0.1) is 0 Å². The van der Waals surface area contributed by atoms with Gasteiger partial charge in [0.15, 0.2) is 0 Å². The van der Waals surface area contributed by atoms with E-state index in [-0.39, 0.29) is 5.54 Å². The van der Waals surface area contributed by atoms with Crippen LogP contribution in [0.4, 0.5) is 0 Å². The van der Waals surface area contributed by atoms with E-state index in [9.17, 15) is 5.11 Å². The van der Waals surface area contributed by atoms with Gasteiger partial charge in [0.05, 0.1) is 5.60 Å². The monoisotopic (exact) mass is 219 g/mol. The lowest BCUT2D eigenvalue weighted by molar-refractivity contribution is -0.00435. The fourth-order valence-corrected chi connectivity index (χ4v) is 1.48. The first-order chi connectivity index (χ1) is 6.31. The van der Waals surface area contributed by atoms with Gasteiger partial charge in [0.25, 0.3) is 0 Å². The Balaban J connectivity index is 3.67. The van der Waals surface area contributed by atoms with Gasteiger partial charge >= 0.3 is 0 Å². The number of thioether (sulfide) groups is 1. The number of nitrogens with one attached hydrogen (secondary N) is 1. The molecule has 0 aliphatic carbocycles. The van der Waals surface area contributed by atoms with Crippen molar-refractivity contribution >= 4 is 11.8 Å². The van der Waals surface area contributed by atoms with Crippen LogP contribution < -0.4 is 5.32 Å². The summed E-state index contributed by atoms with van der Waals surface area (Å²) in [6, 6.07) is 0. The summed E-state index contributed by atoms with van der Waals surface area (Å²) in [6.07, 6.45) is 4.56. The molecule has 0 saturated heterocycles. The van der Waals surface area contributed by atoms with Crippen LogP contribution in [0, 0.1) is 0 Å². The summed E-state index contributed by atoms with van der Waals surface area (Å²) in [7, 11) is 0. The highest BCUT2D eigenvalue weighted by atomic mass is 32.2. The van der Waals surface area contributed by atoms with Crippen molar-refractivity contribution in [1.82, 2.24) is 5.32 Å². The van der Waals surface area contributed by atoms with Crippen LogP contribution in [0.25, 0.3) is 0 Å². The molecule has 0 fully saturated rings. The minimum atomic E-state index is -0.674. The van der Waals surface area contributed by atoms with Crippen molar-refractivity contribution < 1.29 is 5.11 Å². The Hall–Kier alpha value is 0.270. The molecule has 0 saturated carbocycles. The highest BCUT2D eigenvalue weighted by Gasteiger charge is 2.33. The lowest BCUT2D eigenvalue weighted by Gasteiger charge is -2.38. The van der Waals surface area contributed by atoms with Crippen LogP contribution in [0.2, 0.25) is 0 Å². The van der Waals surface area contributed by atoms with Gasteiger partial charge < -0.3 is 10.4 Å². The smallest absolute Gasteiger partial charge is 0.0767 e. The molecule has 0 aromatic heterocycles. The highest BCUT2D eigenvalue weighted by molar-refractivity contribution is 7.98. The molecule has 0 amide bonds. The molecule has 0 unspecified atom stereocenters. The molecule has 0 aliphatic rings. The van der Waals surface area contributed by atoms with Gasteiger partial charge in [0.1, 0.15) is 0 Å². The lowest BCUT2D eigenvalue weighted by Crippen LogP contribution is -2.56. The van der Waals surface area contributed by atoms with E-state index in [0.29, 0.717) is 0 Å². The Morgan fingerprint density at radius 3 is 2.14 bits per heavy atom. The molecular weight excluding hydrogens is 194 g/mol. The third-order valence-corrected chi connectivity index (χ3v) is 3.57. The van der Waals surface area contributed by atoms with E-state index in [1.54, 1.807) is 0 Å². The third-order valence-electron chi connectivity index (χ3n) is 2.87. The first-order valence-corrected chi connectivity index (χ1v) is 6.67. The standard InChI is InChI=1S/C11H25NOS/c1-10(2,11(3,4)13)12-8-6-7-9-14-5/h12-13H,6-9H2,1-5H3. The molecule has 2 nitrogen and oxygen atoms in total. The van der Waals surface area contributed by atoms with Crippen LogP contribution in [0.3, 0.4) is 0 Å². The molecule has 0 aromatic rings. The SMILES string of the molecule is CSCCCCNC(C)(C)C(C)(C)O. The summed E-state index contributed by atoms with van der Waals surface area (Å²) < 4.78 is 0. The van der Waals surface area contributed by atoms with E-state index < -0.39 is 5.60 Å². The predicted octanol–water partition coefficient (Wildman–Crippen LogP) is 2.27. The van der Waals surface area contributed by atoms with E-state index >= 15 is 0 Å². The average molecular weight is 219 g/mol. The Morgan fingerprint density at radius 1 is 1.14 bits per heavy atom. The minimum Gasteiger partial charge on any atom is -0.389 e. The second-order valence-corrected chi connectivity index (χ2v) is 5.80. The molecule has 3 heteroatoms. The fourth-order valence-electron chi connectivity index (χ4n) is 0.989. The van der Waals surface area contributed by atoms with E-state index in [1.165, 1.54) is 18.6 Å². The first kappa shape index (κ1) is 14.3. The maximum atomic E-state index is 9.88. The molecule has 0 bridgehead atoms. The molecule has 0 radical (unpaired) electrons. The number of unbranched alkanes of at least 4 members (excludes halogenated alkanes) is 1. The van der Waals surface area contributed by atoms with Crippen molar-refractivity contribution in [3.05, 3.63) is 0 Å². The minimum absolute atomic E-state index is 0.216. The van der Waals surface area contributed by atoms with Gasteiger partial charge in [-0.05, 0) is 59.1 Å². The topological polar surface area (TPSA) is 32.3 Å². The fraction of sp³-hybridized carbons (Fsp3) is 1.00. The van der Waals surface area contributed by atoms with Crippen LogP contribution in [0.1, 0.15) is 40.5 Å². The van der Waals surface area contributed by atoms with Crippen molar-refractivity contribution in [2.24, 2.45) is 0 Å². The lowest BCUT2D eigenvalue weighted by atomic mass is 9.86. The van der Waals surface area contributed by atoms with Crippen molar-refractivity contribution in [1.29, 1.82) is 0 Å². The van der Waals surface area contributed by atoms with E-state index in [1.807, 2.05) is 39.5 Å². The van der Waals surface area contributed by atoms with Crippen molar-refractivity contribution in [2.75, 3.05) is 18.6 Å². The van der Waals surface area contributed by atoms with Crippen molar-refractivity contribution in [3.63, 3.8) is 0 Å². The van der Waals surface area contributed by atoms with E-state index in [0.717, 1.165) is 6.54 Å². The second-order valence-electron chi connectivity index (χ2n) is 4.81. The summed E-state index contributed by atoms with van der Waals surface area (Å²) in [4.78, 5) is 0. The molecule has 0 aromatic carbocycles. The molecule has 0 atom stereocenters. The maximum Gasteiger partial charge on any atom is 0.0767 e. The molecule has 86 valence electrons. The van der Waals surface area contributed by atoms with Gasteiger partial charge in [0.2, 0.25) is 0 Å². The van der Waals surface area contributed by atoms with Crippen LogP contribution in [-0.2, 0) is 0 Å². The molecule has 14 heavy (non-hydrogen) atoms. The molecule has 0 spiro atoms. The predicted molar refractivity (Wildman–Crippen MR) is 66.0 cm³/mol. The zero-order valence-corrected chi connectivity index (χ0v) is 11.0. The Labute approximate surface area is 92.9 Å². The summed E-state index contributed by atoms with van der Waals surface area (Å²) in [5, 5.41) is 13.3. The van der Waals surface area contributed by atoms with Crippen LogP contribution in [0.15, 0.2) is 0 Å². The Morgan fingerprint density at radius 2 is 1.71 bits per heavy atom. The van der Waals surface area contributed by atoms with Crippen molar-refractivity contribution in [2.45, 2.75) is 51.7 Å². The first-order valence-electron chi connectivity index (χ1n) is 5.27. The number of hydrogen-bond acceptors (Lipinski definition) is 3. The molecule has 0 heterocycles. The zero-order chi connectivity index (χ0) is 11.2. The summed E-state index contributed by atoms with van der Waals surface area (Å²) in [5.41, 5.74) is -0.890. The average Bonchev–Trinajstić information content (AvgIpc) is 2.02. The van der Waals surface area contributed by atoms with Gasteiger partial charge in [0, 0.05) is 5.54 Å². The van der Waals surface area contributed by atoms with E-state index in [4.69, 9.17) is 0 Å². The van der Waals surface area contributed by atoms with Gasteiger partial charge in [-0.1, -0.05) is 0 Å². The zero-order valence-electron chi connectivity index (χ0n) is 10.2. The molecule has 0 aliphatic heterocycles. The van der Waals surface area contributed by atoms with Crippen LogP contribution in [0.5, 0.6) is 0 Å².